The molecular weight excluding hydrogens is 584 g/mol. The molecule has 4 aliphatic rings. The number of amides is 3. The van der Waals surface area contributed by atoms with E-state index in [0.717, 1.165) is 41.7 Å². The van der Waals surface area contributed by atoms with Gasteiger partial charge in [-0.1, -0.05) is 36.7 Å². The number of hydrogen-bond donors (Lipinski definition) is 3. The van der Waals surface area contributed by atoms with Gasteiger partial charge < -0.3 is 20.3 Å². The van der Waals surface area contributed by atoms with Crippen molar-refractivity contribution in [2.75, 3.05) is 17.6 Å². The summed E-state index contributed by atoms with van der Waals surface area (Å²) in [5, 5.41) is 6.85. The monoisotopic (exact) mass is 617 g/mol. The van der Waals surface area contributed by atoms with Crippen LogP contribution in [0.4, 0.5) is 18.3 Å². The minimum absolute atomic E-state index is 0.0179. The number of hydrogen-bond acceptors (Lipinski definition) is 7. The summed E-state index contributed by atoms with van der Waals surface area (Å²) in [6.45, 7) is 0.354. The highest BCUT2D eigenvalue weighted by atomic mass is 32.3. The standard InChI is InChI=1S/C26H34F3N5O3S3/c1-40(2,20-15-38-20)33-23(37)25-13-16(25)9-6-4-3-5-7-10-17(30-24-31-19(14-39-24)26(27,28)29)22(36)34-12-8-11-18(34)21(35)32-25/h6,9,14,16-18,20H,1-5,7-8,10-13,15H2,(H,30,31)(H,32,35)(H,33,37)/b9-6-. The van der Waals surface area contributed by atoms with Gasteiger partial charge >= 0.3 is 6.18 Å². The molecule has 3 N–H and O–H groups in total. The Balaban J connectivity index is 1.36. The number of rotatable bonds is 5. The molecule has 3 aliphatic heterocycles. The summed E-state index contributed by atoms with van der Waals surface area (Å²) in [7, 11) is -1.86. The van der Waals surface area contributed by atoms with Crippen molar-refractivity contribution in [2.45, 2.75) is 79.7 Å². The Kier molecular flexibility index (Phi) is 8.23. The maximum atomic E-state index is 13.7. The maximum Gasteiger partial charge on any atom is 0.434 e. The molecule has 8 nitrogen and oxygen atoms in total. The lowest BCUT2D eigenvalue weighted by atomic mass is 10.1. The second-order valence-corrected chi connectivity index (χ2v) is 16.0. The number of anilines is 1. The van der Waals surface area contributed by atoms with Gasteiger partial charge in [-0.25, -0.2) is 4.98 Å². The van der Waals surface area contributed by atoms with E-state index in [1.165, 1.54) is 4.90 Å². The summed E-state index contributed by atoms with van der Waals surface area (Å²) in [6, 6.07) is -1.58. The lowest BCUT2D eigenvalue weighted by Gasteiger charge is -2.30. The number of carbonyl (C=O) groups excluding carboxylic acids is 3. The normalized spacial score (nSPS) is 32.1. The van der Waals surface area contributed by atoms with Crippen molar-refractivity contribution in [1.29, 1.82) is 0 Å². The molecule has 3 fully saturated rings. The number of nitrogens with one attached hydrogen (secondary N) is 3. The van der Waals surface area contributed by atoms with E-state index in [2.05, 4.69) is 32.1 Å². The fraction of sp³-hybridized carbons (Fsp3) is 0.615. The number of halogens is 3. The Morgan fingerprint density at radius 1 is 1.20 bits per heavy atom. The summed E-state index contributed by atoms with van der Waals surface area (Å²) >= 11 is 2.50. The number of allylic oxidation sites excluding steroid dienone is 1. The van der Waals surface area contributed by atoms with E-state index in [1.807, 2.05) is 12.2 Å². The van der Waals surface area contributed by atoms with Crippen LogP contribution in [0.15, 0.2) is 17.5 Å². The molecule has 0 radical (unpaired) electrons. The van der Waals surface area contributed by atoms with E-state index in [0.29, 0.717) is 38.6 Å². The summed E-state index contributed by atoms with van der Waals surface area (Å²) in [4.78, 5) is 46.0. The van der Waals surface area contributed by atoms with Crippen molar-refractivity contribution >= 4 is 67.1 Å². The molecule has 40 heavy (non-hydrogen) atoms. The highest BCUT2D eigenvalue weighted by Gasteiger charge is 2.61. The Morgan fingerprint density at radius 3 is 2.67 bits per heavy atom. The van der Waals surface area contributed by atoms with Crippen LogP contribution in [-0.2, 0) is 20.6 Å². The molecule has 14 heteroatoms. The Labute approximate surface area is 240 Å². The van der Waals surface area contributed by atoms with Gasteiger partial charge in [-0.3, -0.25) is 14.4 Å². The highest BCUT2D eigenvalue weighted by Crippen LogP contribution is 2.49. The number of fused-ring (bicyclic) bond motifs is 2. The maximum absolute atomic E-state index is 13.7. The van der Waals surface area contributed by atoms with Crippen molar-refractivity contribution in [1.82, 2.24) is 19.9 Å². The van der Waals surface area contributed by atoms with E-state index in [9.17, 15) is 27.6 Å². The highest BCUT2D eigenvalue weighted by molar-refractivity contribution is 8.38. The number of nitrogens with zero attached hydrogens (tertiary/aromatic N) is 2. The summed E-state index contributed by atoms with van der Waals surface area (Å²) in [6.07, 6.45) is 4.53. The van der Waals surface area contributed by atoms with Gasteiger partial charge in [0.1, 0.15) is 17.6 Å². The molecule has 0 bridgehead atoms. The minimum atomic E-state index is -4.57. The van der Waals surface area contributed by atoms with Gasteiger partial charge in [0, 0.05) is 23.6 Å². The topological polar surface area (TPSA) is 103 Å². The first-order valence-electron chi connectivity index (χ1n) is 13.4. The van der Waals surface area contributed by atoms with Crippen LogP contribution in [0.5, 0.6) is 0 Å². The zero-order valence-corrected chi connectivity index (χ0v) is 24.5. The molecule has 5 rings (SSSR count). The first-order valence-corrected chi connectivity index (χ1v) is 17.4. The molecular formula is C26H34F3N5O3S3. The molecule has 3 amide bonds. The summed E-state index contributed by atoms with van der Waals surface area (Å²) in [5.74, 6) is 8.03. The molecule has 0 aromatic carbocycles. The molecule has 0 spiro atoms. The molecule has 220 valence electrons. The first kappa shape index (κ1) is 29.3. The molecule has 5 atom stereocenters. The number of thioether (sulfide) groups is 1. The second kappa shape index (κ2) is 11.2. The fourth-order valence-corrected chi connectivity index (χ4v) is 9.35. The van der Waals surface area contributed by atoms with Gasteiger partial charge in [0.25, 0.3) is 5.91 Å². The molecule has 1 aromatic rings. The third-order valence-electron chi connectivity index (χ3n) is 7.83. The lowest BCUT2D eigenvalue weighted by Crippen LogP contribution is -2.56. The van der Waals surface area contributed by atoms with Crippen LogP contribution in [0, 0.1) is 5.92 Å². The minimum Gasteiger partial charge on any atom is -0.350 e. The van der Waals surface area contributed by atoms with E-state index in [4.69, 9.17) is 0 Å². The van der Waals surface area contributed by atoms with E-state index in [1.54, 1.807) is 11.8 Å². The molecule has 1 saturated carbocycles. The second-order valence-electron chi connectivity index (χ2n) is 10.9. The van der Waals surface area contributed by atoms with E-state index in [-0.39, 0.29) is 27.4 Å². The van der Waals surface area contributed by atoms with E-state index < -0.39 is 44.8 Å². The predicted molar refractivity (Wildman–Crippen MR) is 157 cm³/mol. The lowest BCUT2D eigenvalue weighted by molar-refractivity contribution is -0.140. The quantitative estimate of drug-likeness (QED) is 0.261. The average molecular weight is 618 g/mol. The predicted octanol–water partition coefficient (Wildman–Crippen LogP) is 4.10. The van der Waals surface area contributed by atoms with Crippen molar-refractivity contribution in [2.24, 2.45) is 5.92 Å². The van der Waals surface area contributed by atoms with Crippen LogP contribution < -0.4 is 15.4 Å². The van der Waals surface area contributed by atoms with Crippen LogP contribution in [0.25, 0.3) is 0 Å². The molecule has 5 unspecified atom stereocenters. The Bertz CT molecular complexity index is 1290. The zero-order valence-electron chi connectivity index (χ0n) is 22.0. The van der Waals surface area contributed by atoms with Gasteiger partial charge in [0.2, 0.25) is 11.8 Å². The van der Waals surface area contributed by atoms with Gasteiger partial charge in [-0.15, -0.1) is 32.5 Å². The Hall–Kier alpha value is -2.19. The van der Waals surface area contributed by atoms with Crippen molar-refractivity contribution < 1.29 is 27.6 Å². The molecule has 4 heterocycles. The van der Waals surface area contributed by atoms with Gasteiger partial charge in [-0.2, -0.15) is 13.2 Å². The fourth-order valence-electron chi connectivity index (χ4n) is 5.35. The summed E-state index contributed by atoms with van der Waals surface area (Å²) < 4.78 is 42.5. The Morgan fingerprint density at radius 2 is 1.98 bits per heavy atom. The molecule has 2 saturated heterocycles. The number of thiazole rings is 1. The summed E-state index contributed by atoms with van der Waals surface area (Å²) in [5.41, 5.74) is -2.11. The first-order chi connectivity index (χ1) is 18.9. The van der Waals surface area contributed by atoms with Crippen LogP contribution in [0.2, 0.25) is 0 Å². The van der Waals surface area contributed by atoms with Gasteiger partial charge in [0.15, 0.2) is 10.8 Å². The molecule has 1 aromatic heterocycles. The van der Waals surface area contributed by atoms with E-state index >= 15 is 0 Å². The van der Waals surface area contributed by atoms with Crippen LogP contribution >= 0.6 is 32.5 Å². The van der Waals surface area contributed by atoms with Crippen LogP contribution in [-0.4, -0.2) is 73.8 Å². The van der Waals surface area contributed by atoms with Gasteiger partial charge in [-0.05, 0) is 38.5 Å². The SMILES string of the molecule is C=S(=C)(NC(=O)C12CC1/C=C\CCCCCC(Nc1nc(C(F)(F)F)cs1)C(=O)N1CCCC1C(=O)N2)C1CS1. The van der Waals surface area contributed by atoms with Gasteiger partial charge in [0.05, 0.1) is 4.58 Å². The molecule has 1 aliphatic carbocycles. The van der Waals surface area contributed by atoms with Crippen LogP contribution in [0.3, 0.4) is 0 Å². The van der Waals surface area contributed by atoms with Crippen molar-refractivity contribution in [3.05, 3.63) is 23.2 Å². The third-order valence-corrected chi connectivity index (χ3v) is 12.7. The zero-order chi connectivity index (χ0) is 28.7. The number of carbonyl (C=O) groups is 3. The van der Waals surface area contributed by atoms with Crippen molar-refractivity contribution in [3.8, 4) is 0 Å². The number of alkyl halides is 3. The average Bonchev–Trinajstić information content (AvgIpc) is 3.74. The largest absolute Gasteiger partial charge is 0.434 e. The smallest absolute Gasteiger partial charge is 0.350 e. The van der Waals surface area contributed by atoms with Crippen LogP contribution in [0.1, 0.15) is 57.1 Å². The van der Waals surface area contributed by atoms with Crippen molar-refractivity contribution in [3.63, 3.8) is 0 Å². The third kappa shape index (κ3) is 6.33. The number of aromatic nitrogens is 1.